The fourth-order valence-electron chi connectivity index (χ4n) is 2.43. The van der Waals surface area contributed by atoms with E-state index >= 15 is 0 Å². The number of rotatable bonds is 1. The van der Waals surface area contributed by atoms with E-state index in [9.17, 15) is 4.39 Å². The maximum Gasteiger partial charge on any atom is 0.131 e. The zero-order valence-corrected chi connectivity index (χ0v) is 11.7. The van der Waals surface area contributed by atoms with Gasteiger partial charge in [-0.25, -0.2) is 4.39 Å². The second-order valence-electron chi connectivity index (χ2n) is 4.67. The molecule has 0 bridgehead atoms. The minimum absolute atomic E-state index is 0.0387. The first-order valence-electron chi connectivity index (χ1n) is 5.99. The van der Waals surface area contributed by atoms with E-state index in [0.717, 1.165) is 5.56 Å². The monoisotopic (exact) mass is 296 g/mol. The lowest BCUT2D eigenvalue weighted by molar-refractivity contribution is 0.255. The molecule has 1 aliphatic rings. The van der Waals surface area contributed by atoms with Crippen LogP contribution in [0.25, 0.3) is 11.1 Å². The molecule has 1 aliphatic heterocycles. The van der Waals surface area contributed by atoms with Gasteiger partial charge < -0.3 is 4.74 Å². The molecule has 4 heteroatoms. The van der Waals surface area contributed by atoms with Gasteiger partial charge in [0.1, 0.15) is 17.7 Å². The summed E-state index contributed by atoms with van der Waals surface area (Å²) in [4.78, 5) is 0. The molecule has 0 amide bonds. The van der Waals surface area contributed by atoms with Crippen LogP contribution in [0.4, 0.5) is 4.39 Å². The first-order valence-corrected chi connectivity index (χ1v) is 6.75. The minimum Gasteiger partial charge on any atom is -0.489 e. The second kappa shape index (κ2) is 4.69. The maximum atomic E-state index is 13.8. The highest BCUT2D eigenvalue weighted by Crippen LogP contribution is 2.44. The highest BCUT2D eigenvalue weighted by atomic mass is 35.5. The number of halogens is 3. The Kier molecular flexibility index (Phi) is 3.15. The number of ether oxygens (including phenoxy) is 1. The van der Waals surface area contributed by atoms with Crippen LogP contribution in [0.5, 0.6) is 5.75 Å². The highest BCUT2D eigenvalue weighted by molar-refractivity contribution is 6.39. The molecule has 0 spiro atoms. The summed E-state index contributed by atoms with van der Waals surface area (Å²) >= 11 is 12.4. The van der Waals surface area contributed by atoms with Crippen LogP contribution in [-0.4, -0.2) is 6.10 Å². The molecule has 0 aliphatic carbocycles. The third-order valence-corrected chi connectivity index (χ3v) is 3.82. The molecule has 0 saturated heterocycles. The Balaban J connectivity index is 2.27. The van der Waals surface area contributed by atoms with Gasteiger partial charge in [0.05, 0.1) is 10.0 Å². The first kappa shape index (κ1) is 12.8. The fourth-order valence-corrected chi connectivity index (χ4v) is 3.04. The van der Waals surface area contributed by atoms with Crippen molar-refractivity contribution in [3.05, 3.63) is 51.8 Å². The molecular formula is C15H11Cl2FO. The van der Waals surface area contributed by atoms with E-state index < -0.39 is 0 Å². The highest BCUT2D eigenvalue weighted by Gasteiger charge is 2.25. The molecule has 1 heterocycles. The number of hydrogen-bond donors (Lipinski definition) is 0. The summed E-state index contributed by atoms with van der Waals surface area (Å²) in [6.07, 6.45) is 0.735. The van der Waals surface area contributed by atoms with Gasteiger partial charge in [-0.15, -0.1) is 0 Å². The molecule has 0 N–H and O–H groups in total. The molecule has 1 nitrogen and oxygen atoms in total. The van der Waals surface area contributed by atoms with Crippen LogP contribution >= 0.6 is 23.2 Å². The topological polar surface area (TPSA) is 9.23 Å². The molecule has 0 fully saturated rings. The van der Waals surface area contributed by atoms with Crippen LogP contribution in [0.2, 0.25) is 10.0 Å². The Morgan fingerprint density at radius 3 is 2.58 bits per heavy atom. The standard InChI is InChI=1S/C15H11Cl2FO/c1-8-5-9-6-10(18)7-11(15(9)19-8)14-12(16)3-2-4-13(14)17/h2-4,6-8H,5H2,1H3/t8-/m0/s1. The van der Waals surface area contributed by atoms with Crippen LogP contribution in [0.1, 0.15) is 12.5 Å². The quantitative estimate of drug-likeness (QED) is 0.709. The summed E-state index contributed by atoms with van der Waals surface area (Å²) in [5, 5.41) is 0.979. The Bertz CT molecular complexity index is 635. The van der Waals surface area contributed by atoms with Crippen LogP contribution in [-0.2, 0) is 6.42 Å². The summed E-state index contributed by atoms with van der Waals surface area (Å²) in [6.45, 7) is 1.95. The lowest BCUT2D eigenvalue weighted by Crippen LogP contribution is -2.05. The third-order valence-electron chi connectivity index (χ3n) is 3.19. The van der Waals surface area contributed by atoms with Crippen molar-refractivity contribution in [2.75, 3.05) is 0 Å². The maximum absolute atomic E-state index is 13.8. The van der Waals surface area contributed by atoms with Crippen LogP contribution in [0, 0.1) is 5.82 Å². The third kappa shape index (κ3) is 2.19. The number of benzene rings is 2. The summed E-state index contributed by atoms with van der Waals surface area (Å²) < 4.78 is 19.5. The van der Waals surface area contributed by atoms with E-state index in [4.69, 9.17) is 27.9 Å². The van der Waals surface area contributed by atoms with Gasteiger partial charge in [0.2, 0.25) is 0 Å². The van der Waals surface area contributed by atoms with Gasteiger partial charge in [0, 0.05) is 23.1 Å². The molecule has 19 heavy (non-hydrogen) atoms. The van der Waals surface area contributed by atoms with Crippen LogP contribution in [0.3, 0.4) is 0 Å². The largest absolute Gasteiger partial charge is 0.489 e. The fraction of sp³-hybridized carbons (Fsp3) is 0.200. The van der Waals surface area contributed by atoms with E-state index in [2.05, 4.69) is 0 Å². The average molecular weight is 297 g/mol. The van der Waals surface area contributed by atoms with Crippen molar-refractivity contribution in [1.29, 1.82) is 0 Å². The molecular weight excluding hydrogens is 286 g/mol. The molecule has 98 valence electrons. The predicted molar refractivity (Wildman–Crippen MR) is 75.7 cm³/mol. The molecule has 3 rings (SSSR count). The van der Waals surface area contributed by atoms with E-state index in [-0.39, 0.29) is 11.9 Å². The van der Waals surface area contributed by atoms with Crippen molar-refractivity contribution in [3.8, 4) is 16.9 Å². The van der Waals surface area contributed by atoms with Crippen molar-refractivity contribution in [1.82, 2.24) is 0 Å². The lowest BCUT2D eigenvalue weighted by atomic mass is 10.00. The van der Waals surface area contributed by atoms with Crippen molar-refractivity contribution in [3.63, 3.8) is 0 Å². The molecule has 0 unspecified atom stereocenters. The van der Waals surface area contributed by atoms with E-state index in [1.807, 2.05) is 6.92 Å². The van der Waals surface area contributed by atoms with Gasteiger partial charge in [-0.3, -0.25) is 0 Å². The summed E-state index contributed by atoms with van der Waals surface area (Å²) in [5.41, 5.74) is 2.10. The van der Waals surface area contributed by atoms with E-state index in [0.29, 0.717) is 33.3 Å². The zero-order valence-electron chi connectivity index (χ0n) is 10.2. The zero-order chi connectivity index (χ0) is 13.6. The van der Waals surface area contributed by atoms with E-state index in [1.54, 1.807) is 18.2 Å². The summed E-state index contributed by atoms with van der Waals surface area (Å²) in [7, 11) is 0. The Morgan fingerprint density at radius 2 is 1.89 bits per heavy atom. The smallest absolute Gasteiger partial charge is 0.131 e. The minimum atomic E-state index is -0.303. The van der Waals surface area contributed by atoms with Gasteiger partial charge >= 0.3 is 0 Å². The molecule has 0 saturated carbocycles. The predicted octanol–water partition coefficient (Wildman–Crippen LogP) is 5.12. The van der Waals surface area contributed by atoms with Crippen molar-refractivity contribution >= 4 is 23.2 Å². The first-order chi connectivity index (χ1) is 9.06. The van der Waals surface area contributed by atoms with Gasteiger partial charge in [-0.05, 0) is 31.2 Å². The van der Waals surface area contributed by atoms with E-state index in [1.165, 1.54) is 12.1 Å². The van der Waals surface area contributed by atoms with Crippen molar-refractivity contribution < 1.29 is 9.13 Å². The van der Waals surface area contributed by atoms with Gasteiger partial charge in [-0.1, -0.05) is 29.3 Å². The second-order valence-corrected chi connectivity index (χ2v) is 5.49. The van der Waals surface area contributed by atoms with Gasteiger partial charge in [-0.2, -0.15) is 0 Å². The van der Waals surface area contributed by atoms with Gasteiger partial charge in [0.25, 0.3) is 0 Å². The van der Waals surface area contributed by atoms with Gasteiger partial charge in [0.15, 0.2) is 0 Å². The summed E-state index contributed by atoms with van der Waals surface area (Å²) in [6, 6.07) is 8.16. The summed E-state index contributed by atoms with van der Waals surface area (Å²) in [5.74, 6) is 0.381. The number of fused-ring (bicyclic) bond motifs is 1. The Morgan fingerprint density at radius 1 is 1.21 bits per heavy atom. The number of hydrogen-bond acceptors (Lipinski definition) is 1. The average Bonchev–Trinajstić information content (AvgIpc) is 2.69. The molecule has 1 atom stereocenters. The SMILES string of the molecule is C[C@H]1Cc2cc(F)cc(-c3c(Cl)cccc3Cl)c2O1. The molecule has 0 aromatic heterocycles. The van der Waals surface area contributed by atoms with Crippen molar-refractivity contribution in [2.45, 2.75) is 19.4 Å². The van der Waals surface area contributed by atoms with Crippen molar-refractivity contribution in [2.24, 2.45) is 0 Å². The Hall–Kier alpha value is -1.25. The molecule has 2 aromatic rings. The molecule has 0 radical (unpaired) electrons. The lowest BCUT2D eigenvalue weighted by Gasteiger charge is -2.12. The van der Waals surface area contributed by atoms with Crippen LogP contribution < -0.4 is 4.74 Å². The molecule has 2 aromatic carbocycles. The normalized spacial score (nSPS) is 17.2. The van der Waals surface area contributed by atoms with Crippen LogP contribution in [0.15, 0.2) is 30.3 Å². The Labute approximate surface area is 120 Å².